The van der Waals surface area contributed by atoms with Crippen LogP contribution in [0.3, 0.4) is 0 Å². The molecule has 0 aliphatic heterocycles. The molecule has 1 rings (SSSR count). The maximum Gasteiger partial charge on any atom is 0.191 e. The Balaban J connectivity index is 2.76. The molecule has 0 aliphatic rings. The standard InChI is InChI=1S/C15H25N3O/c1-6-17-15(16-5)18-10-13-8-7-12(4)9-14(13)19-11(2)3/h7-9,11H,6,10H2,1-5H3,(H2,16,17,18). The van der Waals surface area contributed by atoms with E-state index in [9.17, 15) is 0 Å². The molecule has 0 radical (unpaired) electrons. The van der Waals surface area contributed by atoms with Gasteiger partial charge in [-0.25, -0.2) is 0 Å². The van der Waals surface area contributed by atoms with Gasteiger partial charge in [0.25, 0.3) is 0 Å². The van der Waals surface area contributed by atoms with Gasteiger partial charge in [0, 0.05) is 25.7 Å². The molecule has 1 aromatic rings. The van der Waals surface area contributed by atoms with E-state index in [1.807, 2.05) is 20.8 Å². The zero-order valence-corrected chi connectivity index (χ0v) is 12.6. The fraction of sp³-hybridized carbons (Fsp3) is 0.533. The zero-order chi connectivity index (χ0) is 14.3. The average Bonchev–Trinajstić information content (AvgIpc) is 2.35. The summed E-state index contributed by atoms with van der Waals surface area (Å²) in [6, 6.07) is 6.27. The Labute approximate surface area is 116 Å². The summed E-state index contributed by atoms with van der Waals surface area (Å²) in [7, 11) is 1.77. The summed E-state index contributed by atoms with van der Waals surface area (Å²) < 4.78 is 5.85. The highest BCUT2D eigenvalue weighted by Crippen LogP contribution is 2.21. The number of hydrogen-bond donors (Lipinski definition) is 2. The lowest BCUT2D eigenvalue weighted by molar-refractivity contribution is 0.239. The van der Waals surface area contributed by atoms with Crippen molar-refractivity contribution in [3.63, 3.8) is 0 Å². The van der Waals surface area contributed by atoms with Crippen LogP contribution in [0.1, 0.15) is 31.9 Å². The maximum absolute atomic E-state index is 5.85. The second kappa shape index (κ2) is 7.67. The van der Waals surface area contributed by atoms with E-state index in [1.165, 1.54) is 5.56 Å². The topological polar surface area (TPSA) is 45.7 Å². The van der Waals surface area contributed by atoms with E-state index in [0.29, 0.717) is 6.54 Å². The molecule has 106 valence electrons. The third kappa shape index (κ3) is 5.20. The Morgan fingerprint density at radius 2 is 2.05 bits per heavy atom. The first-order valence-corrected chi connectivity index (χ1v) is 6.77. The van der Waals surface area contributed by atoms with Crippen LogP contribution in [0.4, 0.5) is 0 Å². The van der Waals surface area contributed by atoms with E-state index in [1.54, 1.807) is 7.05 Å². The highest BCUT2D eigenvalue weighted by molar-refractivity contribution is 5.79. The summed E-state index contributed by atoms with van der Waals surface area (Å²) >= 11 is 0. The molecule has 0 saturated heterocycles. The fourth-order valence-corrected chi connectivity index (χ4v) is 1.74. The Bertz CT molecular complexity index is 427. The molecule has 0 amide bonds. The SMILES string of the molecule is CCNC(=NC)NCc1ccc(C)cc1OC(C)C. The first-order chi connectivity index (χ1) is 9.06. The largest absolute Gasteiger partial charge is 0.491 e. The van der Waals surface area contributed by atoms with E-state index < -0.39 is 0 Å². The monoisotopic (exact) mass is 263 g/mol. The van der Waals surface area contributed by atoms with Gasteiger partial charge in [0.15, 0.2) is 5.96 Å². The first kappa shape index (κ1) is 15.3. The van der Waals surface area contributed by atoms with Gasteiger partial charge in [0.1, 0.15) is 5.75 Å². The highest BCUT2D eigenvalue weighted by atomic mass is 16.5. The van der Waals surface area contributed by atoms with Crippen LogP contribution in [-0.2, 0) is 6.54 Å². The minimum absolute atomic E-state index is 0.175. The molecule has 19 heavy (non-hydrogen) atoms. The molecule has 1 aromatic carbocycles. The molecular formula is C15H25N3O. The van der Waals surface area contributed by atoms with Crippen LogP contribution in [0, 0.1) is 6.92 Å². The van der Waals surface area contributed by atoms with E-state index in [0.717, 1.165) is 23.8 Å². The Kier molecular flexibility index (Phi) is 6.19. The molecule has 0 unspecified atom stereocenters. The number of rotatable bonds is 5. The molecule has 0 atom stereocenters. The Morgan fingerprint density at radius 3 is 2.63 bits per heavy atom. The lowest BCUT2D eigenvalue weighted by Gasteiger charge is -2.16. The van der Waals surface area contributed by atoms with Crippen molar-refractivity contribution in [2.75, 3.05) is 13.6 Å². The van der Waals surface area contributed by atoms with E-state index >= 15 is 0 Å². The zero-order valence-electron chi connectivity index (χ0n) is 12.6. The fourth-order valence-electron chi connectivity index (χ4n) is 1.74. The number of guanidine groups is 1. The van der Waals surface area contributed by atoms with Crippen LogP contribution >= 0.6 is 0 Å². The quantitative estimate of drug-likeness (QED) is 0.633. The summed E-state index contributed by atoms with van der Waals surface area (Å²) in [6.07, 6.45) is 0.175. The van der Waals surface area contributed by atoms with Crippen LogP contribution < -0.4 is 15.4 Å². The maximum atomic E-state index is 5.85. The molecule has 0 bridgehead atoms. The van der Waals surface area contributed by atoms with E-state index in [4.69, 9.17) is 4.74 Å². The van der Waals surface area contributed by atoms with Crippen molar-refractivity contribution >= 4 is 5.96 Å². The van der Waals surface area contributed by atoms with Crippen molar-refractivity contribution in [3.05, 3.63) is 29.3 Å². The van der Waals surface area contributed by atoms with Gasteiger partial charge in [0.2, 0.25) is 0 Å². The van der Waals surface area contributed by atoms with E-state index in [-0.39, 0.29) is 6.10 Å². The van der Waals surface area contributed by atoms with Crippen molar-refractivity contribution in [2.24, 2.45) is 4.99 Å². The van der Waals surface area contributed by atoms with Crippen LogP contribution in [-0.4, -0.2) is 25.7 Å². The molecule has 0 fully saturated rings. The number of benzene rings is 1. The molecule has 0 heterocycles. The number of nitrogens with one attached hydrogen (secondary N) is 2. The molecular weight excluding hydrogens is 238 g/mol. The summed E-state index contributed by atoms with van der Waals surface area (Å²) in [4.78, 5) is 4.15. The summed E-state index contributed by atoms with van der Waals surface area (Å²) in [6.45, 7) is 9.74. The second-order valence-corrected chi connectivity index (χ2v) is 4.73. The van der Waals surface area contributed by atoms with Crippen molar-refractivity contribution in [2.45, 2.75) is 40.3 Å². The number of nitrogens with zero attached hydrogens (tertiary/aromatic N) is 1. The molecule has 4 heteroatoms. The van der Waals surface area contributed by atoms with Gasteiger partial charge in [-0.2, -0.15) is 0 Å². The van der Waals surface area contributed by atoms with Crippen LogP contribution in [0.25, 0.3) is 0 Å². The molecule has 0 aliphatic carbocycles. The van der Waals surface area contributed by atoms with Crippen LogP contribution in [0.15, 0.2) is 23.2 Å². The average molecular weight is 263 g/mol. The normalized spacial score (nSPS) is 11.6. The van der Waals surface area contributed by atoms with Crippen molar-refractivity contribution in [1.82, 2.24) is 10.6 Å². The Morgan fingerprint density at radius 1 is 1.32 bits per heavy atom. The van der Waals surface area contributed by atoms with Crippen LogP contribution in [0.2, 0.25) is 0 Å². The molecule has 2 N–H and O–H groups in total. The van der Waals surface area contributed by atoms with Gasteiger partial charge in [-0.05, 0) is 39.3 Å². The number of hydrogen-bond acceptors (Lipinski definition) is 2. The third-order valence-corrected chi connectivity index (χ3v) is 2.60. The third-order valence-electron chi connectivity index (χ3n) is 2.60. The highest BCUT2D eigenvalue weighted by Gasteiger charge is 2.07. The second-order valence-electron chi connectivity index (χ2n) is 4.73. The first-order valence-electron chi connectivity index (χ1n) is 6.77. The summed E-state index contributed by atoms with van der Waals surface area (Å²) in [5.74, 6) is 1.74. The van der Waals surface area contributed by atoms with Gasteiger partial charge >= 0.3 is 0 Å². The van der Waals surface area contributed by atoms with E-state index in [2.05, 4.69) is 40.7 Å². The molecule has 0 saturated carbocycles. The van der Waals surface area contributed by atoms with Crippen molar-refractivity contribution in [3.8, 4) is 5.75 Å². The molecule has 0 spiro atoms. The summed E-state index contributed by atoms with van der Waals surface area (Å²) in [5, 5.41) is 6.45. The summed E-state index contributed by atoms with van der Waals surface area (Å²) in [5.41, 5.74) is 2.34. The van der Waals surface area contributed by atoms with Gasteiger partial charge in [-0.15, -0.1) is 0 Å². The predicted octanol–water partition coefficient (Wildman–Crippen LogP) is 2.47. The predicted molar refractivity (Wildman–Crippen MR) is 80.8 cm³/mol. The minimum Gasteiger partial charge on any atom is -0.491 e. The van der Waals surface area contributed by atoms with Gasteiger partial charge in [-0.3, -0.25) is 4.99 Å². The number of aliphatic imine (C=N–C) groups is 1. The Hall–Kier alpha value is -1.71. The van der Waals surface area contributed by atoms with Gasteiger partial charge < -0.3 is 15.4 Å². The smallest absolute Gasteiger partial charge is 0.191 e. The van der Waals surface area contributed by atoms with Crippen molar-refractivity contribution in [1.29, 1.82) is 0 Å². The lowest BCUT2D eigenvalue weighted by Crippen LogP contribution is -2.36. The number of ether oxygens (including phenoxy) is 1. The lowest BCUT2D eigenvalue weighted by atomic mass is 10.1. The minimum atomic E-state index is 0.175. The number of aryl methyl sites for hydroxylation is 1. The van der Waals surface area contributed by atoms with Gasteiger partial charge in [-0.1, -0.05) is 12.1 Å². The van der Waals surface area contributed by atoms with Gasteiger partial charge in [0.05, 0.1) is 6.10 Å². The van der Waals surface area contributed by atoms with Crippen molar-refractivity contribution < 1.29 is 4.74 Å². The molecule has 0 aromatic heterocycles. The van der Waals surface area contributed by atoms with Crippen LogP contribution in [0.5, 0.6) is 5.75 Å². The molecule has 4 nitrogen and oxygen atoms in total.